The Morgan fingerprint density at radius 3 is 2.38 bits per heavy atom. The highest BCUT2D eigenvalue weighted by Gasteiger charge is 2.41. The number of benzene rings is 1. The van der Waals surface area contributed by atoms with Crippen LogP contribution in [-0.2, 0) is 9.59 Å². The molecule has 2 aliphatic rings. The Bertz CT molecular complexity index is 616. The molecule has 3 rings (SSSR count). The lowest BCUT2D eigenvalue weighted by molar-refractivity contribution is -0.126. The number of halogens is 3. The van der Waals surface area contributed by atoms with Crippen molar-refractivity contribution in [1.82, 2.24) is 5.32 Å². The molecular formula is C14H13Cl3N2O2. The fourth-order valence-corrected chi connectivity index (χ4v) is 3.15. The van der Waals surface area contributed by atoms with Crippen LogP contribution >= 0.6 is 34.8 Å². The molecule has 1 aliphatic carbocycles. The molecule has 7 heteroatoms. The largest absolute Gasteiger partial charge is 0.344 e. The highest BCUT2D eigenvalue weighted by atomic mass is 35.5. The average molecular weight is 348 g/mol. The monoisotopic (exact) mass is 346 g/mol. The molecule has 0 bridgehead atoms. The van der Waals surface area contributed by atoms with E-state index in [-0.39, 0.29) is 30.7 Å². The molecule has 21 heavy (non-hydrogen) atoms. The Hall–Kier alpha value is -0.970. The molecule has 112 valence electrons. The lowest BCUT2D eigenvalue weighted by Gasteiger charge is -2.25. The van der Waals surface area contributed by atoms with Crippen molar-refractivity contribution in [1.29, 1.82) is 0 Å². The SMILES string of the molecule is O=C1CCN(c2cc(Cl)c(Cl)cc2Cl)C(=O)C(C2CC2)N1. The molecule has 1 atom stereocenters. The zero-order valence-electron chi connectivity index (χ0n) is 11.0. The van der Waals surface area contributed by atoms with Gasteiger partial charge in [0.25, 0.3) is 0 Å². The maximum absolute atomic E-state index is 12.7. The molecule has 0 spiro atoms. The van der Waals surface area contributed by atoms with Gasteiger partial charge in [0.1, 0.15) is 6.04 Å². The summed E-state index contributed by atoms with van der Waals surface area (Å²) in [5.74, 6) is -0.0221. The summed E-state index contributed by atoms with van der Waals surface area (Å²) in [6.45, 7) is 0.283. The highest BCUT2D eigenvalue weighted by Crippen LogP contribution is 2.38. The first-order chi connectivity index (χ1) is 9.97. The van der Waals surface area contributed by atoms with Crippen LogP contribution in [0.3, 0.4) is 0 Å². The van der Waals surface area contributed by atoms with Crippen LogP contribution < -0.4 is 10.2 Å². The van der Waals surface area contributed by atoms with E-state index in [0.29, 0.717) is 20.8 Å². The minimum atomic E-state index is -0.467. The first-order valence-corrected chi connectivity index (χ1v) is 7.86. The van der Waals surface area contributed by atoms with E-state index in [1.165, 1.54) is 11.0 Å². The van der Waals surface area contributed by atoms with Crippen molar-refractivity contribution >= 4 is 52.3 Å². The summed E-state index contributed by atoms with van der Waals surface area (Å²) in [5, 5.41) is 3.82. The molecule has 1 heterocycles. The molecular weight excluding hydrogens is 335 g/mol. The fourth-order valence-electron chi connectivity index (χ4n) is 2.51. The number of nitrogens with one attached hydrogen (secondary N) is 1. The molecule has 1 aromatic carbocycles. The van der Waals surface area contributed by atoms with Gasteiger partial charge in [-0.1, -0.05) is 34.8 Å². The molecule has 0 aromatic heterocycles. The third-order valence-electron chi connectivity index (χ3n) is 3.78. The number of nitrogens with zero attached hydrogens (tertiary/aromatic N) is 1. The highest BCUT2D eigenvalue weighted by molar-refractivity contribution is 6.44. The topological polar surface area (TPSA) is 49.4 Å². The van der Waals surface area contributed by atoms with E-state index in [9.17, 15) is 9.59 Å². The molecule has 1 N–H and O–H groups in total. The third kappa shape index (κ3) is 2.98. The Labute approximate surface area is 137 Å². The minimum Gasteiger partial charge on any atom is -0.344 e. The summed E-state index contributed by atoms with van der Waals surface area (Å²) in [7, 11) is 0. The molecule has 2 fully saturated rings. The summed E-state index contributed by atoms with van der Waals surface area (Å²) in [6, 6.07) is 2.62. The maximum atomic E-state index is 12.7. The summed E-state index contributed by atoms with van der Waals surface area (Å²) >= 11 is 18.1. The lowest BCUT2D eigenvalue weighted by Crippen LogP contribution is -2.46. The zero-order chi connectivity index (χ0) is 15.1. The van der Waals surface area contributed by atoms with Gasteiger partial charge in [0, 0.05) is 13.0 Å². The standard InChI is InChI=1S/C14H13Cl3N2O2/c15-8-5-10(17)11(6-9(8)16)19-4-3-12(20)18-13(14(19)21)7-1-2-7/h5-7,13H,1-4H2,(H,18,20). The van der Waals surface area contributed by atoms with Gasteiger partial charge in [0.15, 0.2) is 0 Å². The Kier molecular flexibility index (Phi) is 4.04. The van der Waals surface area contributed by atoms with Crippen LogP contribution in [0.1, 0.15) is 19.3 Å². The average Bonchev–Trinajstić information content (AvgIpc) is 3.25. The van der Waals surface area contributed by atoms with Crippen LogP contribution in [0, 0.1) is 5.92 Å². The van der Waals surface area contributed by atoms with Crippen LogP contribution in [0.5, 0.6) is 0 Å². The van der Waals surface area contributed by atoms with Crippen molar-refractivity contribution in [2.45, 2.75) is 25.3 Å². The normalized spacial score (nSPS) is 23.0. The van der Waals surface area contributed by atoms with Crippen LogP contribution in [0.15, 0.2) is 12.1 Å². The van der Waals surface area contributed by atoms with Crippen molar-refractivity contribution in [3.8, 4) is 0 Å². The zero-order valence-corrected chi connectivity index (χ0v) is 13.3. The molecule has 1 aliphatic heterocycles. The van der Waals surface area contributed by atoms with E-state index < -0.39 is 6.04 Å². The first kappa shape index (κ1) is 14.9. The van der Waals surface area contributed by atoms with Gasteiger partial charge in [-0.15, -0.1) is 0 Å². The summed E-state index contributed by atoms with van der Waals surface area (Å²) < 4.78 is 0. The van der Waals surface area contributed by atoms with E-state index in [1.807, 2.05) is 0 Å². The Morgan fingerprint density at radius 2 is 1.71 bits per heavy atom. The van der Waals surface area contributed by atoms with E-state index in [1.54, 1.807) is 6.07 Å². The van der Waals surface area contributed by atoms with Gasteiger partial charge in [0.2, 0.25) is 11.8 Å². The van der Waals surface area contributed by atoms with Gasteiger partial charge in [0.05, 0.1) is 20.8 Å². The molecule has 1 unspecified atom stereocenters. The molecule has 1 aromatic rings. The van der Waals surface area contributed by atoms with Crippen LogP contribution in [0.4, 0.5) is 5.69 Å². The second-order valence-electron chi connectivity index (χ2n) is 5.34. The van der Waals surface area contributed by atoms with Gasteiger partial charge >= 0.3 is 0 Å². The lowest BCUT2D eigenvalue weighted by atomic mass is 10.1. The number of carbonyl (C=O) groups is 2. The Balaban J connectivity index is 1.97. The summed E-state index contributed by atoms with van der Waals surface area (Å²) in [4.78, 5) is 26.0. The molecule has 1 saturated heterocycles. The molecule has 2 amide bonds. The van der Waals surface area contributed by atoms with Crippen molar-refractivity contribution in [2.24, 2.45) is 5.92 Å². The quantitative estimate of drug-likeness (QED) is 0.835. The predicted molar refractivity (Wildman–Crippen MR) is 83.1 cm³/mol. The number of amides is 2. The molecule has 4 nitrogen and oxygen atoms in total. The number of hydrogen-bond acceptors (Lipinski definition) is 2. The van der Waals surface area contributed by atoms with Gasteiger partial charge in [-0.25, -0.2) is 0 Å². The smallest absolute Gasteiger partial charge is 0.249 e. The number of rotatable bonds is 2. The van der Waals surface area contributed by atoms with E-state index in [4.69, 9.17) is 34.8 Å². The minimum absolute atomic E-state index is 0.112. The second-order valence-corrected chi connectivity index (χ2v) is 6.56. The second kappa shape index (κ2) is 5.67. The van der Waals surface area contributed by atoms with Gasteiger partial charge in [-0.3, -0.25) is 9.59 Å². The first-order valence-electron chi connectivity index (χ1n) is 6.72. The van der Waals surface area contributed by atoms with Crippen molar-refractivity contribution in [3.63, 3.8) is 0 Å². The van der Waals surface area contributed by atoms with Crippen LogP contribution in [0.2, 0.25) is 15.1 Å². The summed E-state index contributed by atoms with van der Waals surface area (Å²) in [5.41, 5.74) is 0.498. The van der Waals surface area contributed by atoms with Crippen molar-refractivity contribution in [3.05, 3.63) is 27.2 Å². The van der Waals surface area contributed by atoms with Crippen LogP contribution in [-0.4, -0.2) is 24.4 Å². The van der Waals surface area contributed by atoms with Crippen molar-refractivity contribution in [2.75, 3.05) is 11.4 Å². The van der Waals surface area contributed by atoms with E-state index in [0.717, 1.165) is 12.8 Å². The Morgan fingerprint density at radius 1 is 1.05 bits per heavy atom. The number of anilines is 1. The van der Waals surface area contributed by atoms with E-state index >= 15 is 0 Å². The van der Waals surface area contributed by atoms with Crippen molar-refractivity contribution < 1.29 is 9.59 Å². The maximum Gasteiger partial charge on any atom is 0.249 e. The summed E-state index contributed by atoms with van der Waals surface area (Å²) in [6.07, 6.45) is 2.16. The van der Waals surface area contributed by atoms with Gasteiger partial charge in [-0.05, 0) is 30.9 Å². The molecule has 1 saturated carbocycles. The number of carbonyl (C=O) groups excluding carboxylic acids is 2. The van der Waals surface area contributed by atoms with E-state index in [2.05, 4.69) is 5.32 Å². The van der Waals surface area contributed by atoms with Gasteiger partial charge in [-0.2, -0.15) is 0 Å². The van der Waals surface area contributed by atoms with Gasteiger partial charge < -0.3 is 10.2 Å². The number of hydrogen-bond donors (Lipinski definition) is 1. The molecule has 0 radical (unpaired) electrons. The van der Waals surface area contributed by atoms with Crippen LogP contribution in [0.25, 0.3) is 0 Å². The predicted octanol–water partition coefficient (Wildman–Crippen LogP) is 3.28. The fraction of sp³-hybridized carbons (Fsp3) is 0.429. The third-order valence-corrected chi connectivity index (χ3v) is 4.81.